The second-order valence-electron chi connectivity index (χ2n) is 6.03. The van der Waals surface area contributed by atoms with Crippen LogP contribution in [0.4, 0.5) is 0 Å². The third kappa shape index (κ3) is 3.83. The predicted octanol–water partition coefficient (Wildman–Crippen LogP) is 3.18. The van der Waals surface area contributed by atoms with Crippen LogP contribution in [0.25, 0.3) is 0 Å². The van der Waals surface area contributed by atoms with E-state index in [-0.39, 0.29) is 18.0 Å². The number of nitrogens with two attached hydrogens (primary N) is 1. The van der Waals surface area contributed by atoms with Gasteiger partial charge >= 0.3 is 0 Å². The number of likely N-dealkylation sites (tertiary alicyclic amines) is 1. The number of rotatable bonds is 4. The van der Waals surface area contributed by atoms with Gasteiger partial charge in [-0.15, -0.1) is 0 Å². The van der Waals surface area contributed by atoms with Gasteiger partial charge in [0.25, 0.3) is 0 Å². The molecule has 2 unspecified atom stereocenters. The molecule has 110 valence electrons. The standard InChI is InChI=1S/C17H26N2O/c1-13-6-9-15(10-7-13)16-5-3-4-12-19(16)17(20)11-8-14(2)18/h6-7,9-10,14,16H,3-5,8,11-12,18H2,1-2H3. The molecule has 0 aromatic heterocycles. The number of aryl methyl sites for hydroxylation is 1. The molecule has 1 saturated heterocycles. The van der Waals surface area contributed by atoms with Crippen LogP contribution in [0, 0.1) is 6.92 Å². The van der Waals surface area contributed by atoms with E-state index in [0.717, 1.165) is 25.8 Å². The second kappa shape index (κ2) is 6.89. The van der Waals surface area contributed by atoms with Crippen molar-refractivity contribution in [3.05, 3.63) is 35.4 Å². The molecule has 1 heterocycles. The SMILES string of the molecule is Cc1ccc(C2CCCCN2C(=O)CCC(C)N)cc1. The normalized spacial score (nSPS) is 20.8. The van der Waals surface area contributed by atoms with E-state index < -0.39 is 0 Å². The molecule has 0 saturated carbocycles. The highest BCUT2D eigenvalue weighted by Crippen LogP contribution is 2.31. The summed E-state index contributed by atoms with van der Waals surface area (Å²) in [6.45, 7) is 4.94. The molecule has 0 aliphatic carbocycles. The van der Waals surface area contributed by atoms with Crippen molar-refractivity contribution < 1.29 is 4.79 Å². The fourth-order valence-corrected chi connectivity index (χ4v) is 2.86. The lowest BCUT2D eigenvalue weighted by Crippen LogP contribution is -2.39. The maximum Gasteiger partial charge on any atom is 0.223 e. The van der Waals surface area contributed by atoms with Gasteiger partial charge in [-0.05, 0) is 45.1 Å². The molecule has 2 N–H and O–H groups in total. The first kappa shape index (κ1) is 15.0. The quantitative estimate of drug-likeness (QED) is 0.916. The Morgan fingerprint density at radius 1 is 1.35 bits per heavy atom. The average molecular weight is 274 g/mol. The number of hydrogen-bond donors (Lipinski definition) is 1. The first-order chi connectivity index (χ1) is 9.58. The highest BCUT2D eigenvalue weighted by molar-refractivity contribution is 5.76. The summed E-state index contributed by atoms with van der Waals surface area (Å²) < 4.78 is 0. The molecule has 20 heavy (non-hydrogen) atoms. The summed E-state index contributed by atoms with van der Waals surface area (Å²) in [6.07, 6.45) is 4.74. The Labute approximate surface area is 122 Å². The first-order valence-corrected chi connectivity index (χ1v) is 7.69. The van der Waals surface area contributed by atoms with Crippen LogP contribution in [0.3, 0.4) is 0 Å². The van der Waals surface area contributed by atoms with Gasteiger partial charge in [0.05, 0.1) is 6.04 Å². The zero-order valence-corrected chi connectivity index (χ0v) is 12.6. The summed E-state index contributed by atoms with van der Waals surface area (Å²) >= 11 is 0. The number of carbonyl (C=O) groups excluding carboxylic acids is 1. The van der Waals surface area contributed by atoms with Crippen LogP contribution in [0.1, 0.15) is 56.2 Å². The molecule has 3 nitrogen and oxygen atoms in total. The van der Waals surface area contributed by atoms with Crippen molar-refractivity contribution in [1.82, 2.24) is 4.90 Å². The number of benzene rings is 1. The summed E-state index contributed by atoms with van der Waals surface area (Å²) in [6, 6.07) is 8.95. The van der Waals surface area contributed by atoms with Crippen molar-refractivity contribution in [3.63, 3.8) is 0 Å². The number of nitrogens with zero attached hydrogens (tertiary/aromatic N) is 1. The Morgan fingerprint density at radius 2 is 2.05 bits per heavy atom. The molecule has 1 aromatic carbocycles. The van der Waals surface area contributed by atoms with Crippen molar-refractivity contribution in [2.75, 3.05) is 6.54 Å². The smallest absolute Gasteiger partial charge is 0.223 e. The molecule has 1 aliphatic heterocycles. The number of hydrogen-bond acceptors (Lipinski definition) is 2. The van der Waals surface area contributed by atoms with Crippen LogP contribution in [0.5, 0.6) is 0 Å². The second-order valence-corrected chi connectivity index (χ2v) is 6.03. The molecule has 2 atom stereocenters. The average Bonchev–Trinajstić information content (AvgIpc) is 2.45. The highest BCUT2D eigenvalue weighted by Gasteiger charge is 2.27. The summed E-state index contributed by atoms with van der Waals surface area (Å²) in [4.78, 5) is 14.5. The van der Waals surface area contributed by atoms with Gasteiger partial charge in [0.1, 0.15) is 0 Å². The fourth-order valence-electron chi connectivity index (χ4n) is 2.86. The van der Waals surface area contributed by atoms with Crippen LogP contribution in [-0.2, 0) is 4.79 Å². The molecule has 1 aromatic rings. The summed E-state index contributed by atoms with van der Waals surface area (Å²) in [5.41, 5.74) is 8.29. The van der Waals surface area contributed by atoms with Gasteiger partial charge in [0.2, 0.25) is 5.91 Å². The zero-order valence-electron chi connectivity index (χ0n) is 12.6. The lowest BCUT2D eigenvalue weighted by atomic mass is 9.94. The van der Waals surface area contributed by atoms with Gasteiger partial charge in [0.15, 0.2) is 0 Å². The van der Waals surface area contributed by atoms with Gasteiger partial charge in [-0.2, -0.15) is 0 Å². The third-order valence-corrected chi connectivity index (χ3v) is 4.10. The maximum absolute atomic E-state index is 12.4. The summed E-state index contributed by atoms with van der Waals surface area (Å²) in [5, 5.41) is 0. The zero-order chi connectivity index (χ0) is 14.5. The number of piperidine rings is 1. The molecule has 0 spiro atoms. The predicted molar refractivity (Wildman–Crippen MR) is 82.4 cm³/mol. The lowest BCUT2D eigenvalue weighted by Gasteiger charge is -2.36. The van der Waals surface area contributed by atoms with E-state index in [1.54, 1.807) is 0 Å². The van der Waals surface area contributed by atoms with Crippen LogP contribution >= 0.6 is 0 Å². The minimum atomic E-state index is 0.0987. The van der Waals surface area contributed by atoms with Crippen molar-refractivity contribution >= 4 is 5.91 Å². The monoisotopic (exact) mass is 274 g/mol. The maximum atomic E-state index is 12.4. The Morgan fingerprint density at radius 3 is 2.70 bits per heavy atom. The Hall–Kier alpha value is -1.35. The van der Waals surface area contributed by atoms with E-state index in [9.17, 15) is 4.79 Å². The Kier molecular flexibility index (Phi) is 5.18. The van der Waals surface area contributed by atoms with E-state index >= 15 is 0 Å². The van der Waals surface area contributed by atoms with E-state index in [1.807, 2.05) is 6.92 Å². The molecular weight excluding hydrogens is 248 g/mol. The van der Waals surface area contributed by atoms with E-state index in [2.05, 4.69) is 36.1 Å². The molecule has 1 amide bonds. The molecule has 2 rings (SSSR count). The molecule has 0 bridgehead atoms. The topological polar surface area (TPSA) is 46.3 Å². The summed E-state index contributed by atoms with van der Waals surface area (Å²) in [5.74, 6) is 0.257. The van der Waals surface area contributed by atoms with Gasteiger partial charge in [0, 0.05) is 19.0 Å². The van der Waals surface area contributed by atoms with Crippen LogP contribution < -0.4 is 5.73 Å². The van der Waals surface area contributed by atoms with Gasteiger partial charge in [-0.25, -0.2) is 0 Å². The first-order valence-electron chi connectivity index (χ1n) is 7.69. The molecule has 3 heteroatoms. The van der Waals surface area contributed by atoms with Crippen LogP contribution in [-0.4, -0.2) is 23.4 Å². The van der Waals surface area contributed by atoms with Crippen LogP contribution in [0.2, 0.25) is 0 Å². The number of amides is 1. The number of carbonyl (C=O) groups is 1. The third-order valence-electron chi connectivity index (χ3n) is 4.10. The lowest BCUT2D eigenvalue weighted by molar-refractivity contribution is -0.135. The molecule has 1 fully saturated rings. The largest absolute Gasteiger partial charge is 0.336 e. The fraction of sp³-hybridized carbons (Fsp3) is 0.588. The molecule has 1 aliphatic rings. The molecular formula is C17H26N2O. The minimum Gasteiger partial charge on any atom is -0.336 e. The minimum absolute atomic E-state index is 0.0987. The Balaban J connectivity index is 2.08. The van der Waals surface area contributed by atoms with Crippen LogP contribution in [0.15, 0.2) is 24.3 Å². The van der Waals surface area contributed by atoms with E-state index in [0.29, 0.717) is 6.42 Å². The van der Waals surface area contributed by atoms with Crippen molar-refractivity contribution in [3.8, 4) is 0 Å². The van der Waals surface area contributed by atoms with E-state index in [4.69, 9.17) is 5.73 Å². The van der Waals surface area contributed by atoms with Crippen molar-refractivity contribution in [2.24, 2.45) is 5.73 Å². The highest BCUT2D eigenvalue weighted by atomic mass is 16.2. The van der Waals surface area contributed by atoms with Crippen molar-refractivity contribution in [1.29, 1.82) is 0 Å². The molecule has 0 radical (unpaired) electrons. The van der Waals surface area contributed by atoms with Gasteiger partial charge in [-0.3, -0.25) is 4.79 Å². The Bertz CT molecular complexity index is 439. The van der Waals surface area contributed by atoms with Crippen molar-refractivity contribution in [2.45, 2.75) is 58.0 Å². The summed E-state index contributed by atoms with van der Waals surface area (Å²) in [7, 11) is 0. The van der Waals surface area contributed by atoms with E-state index in [1.165, 1.54) is 17.5 Å². The van der Waals surface area contributed by atoms with Gasteiger partial charge < -0.3 is 10.6 Å². The van der Waals surface area contributed by atoms with Gasteiger partial charge in [-0.1, -0.05) is 29.8 Å².